The fourth-order valence-corrected chi connectivity index (χ4v) is 2.08. The summed E-state index contributed by atoms with van der Waals surface area (Å²) in [6, 6.07) is 12.6. The predicted octanol–water partition coefficient (Wildman–Crippen LogP) is 3.28. The highest BCUT2D eigenvalue weighted by Crippen LogP contribution is 2.10. The molecule has 2 aromatic rings. The summed E-state index contributed by atoms with van der Waals surface area (Å²) in [6.07, 6.45) is 0. The number of halogens is 1. The molecule has 0 aliphatic rings. The second kappa shape index (κ2) is 7.01. The maximum absolute atomic E-state index is 12.9. The first-order valence-corrected chi connectivity index (χ1v) is 6.80. The van der Waals surface area contributed by atoms with E-state index in [9.17, 15) is 4.39 Å². The maximum Gasteiger partial charge on any atom is 0.126 e. The van der Waals surface area contributed by atoms with Crippen molar-refractivity contribution in [2.24, 2.45) is 0 Å². The van der Waals surface area contributed by atoms with Crippen LogP contribution in [0.15, 0.2) is 42.5 Å². The second-order valence-corrected chi connectivity index (χ2v) is 4.84. The van der Waals surface area contributed by atoms with Crippen molar-refractivity contribution in [1.82, 2.24) is 9.88 Å². The molecular formula is C16H20FN3. The van der Waals surface area contributed by atoms with Gasteiger partial charge in [-0.3, -0.25) is 4.90 Å². The Balaban J connectivity index is 1.95. The van der Waals surface area contributed by atoms with Crippen molar-refractivity contribution < 1.29 is 4.39 Å². The first kappa shape index (κ1) is 14.5. The normalized spacial score (nSPS) is 10.8. The van der Waals surface area contributed by atoms with E-state index in [4.69, 9.17) is 0 Å². The molecule has 0 bridgehead atoms. The van der Waals surface area contributed by atoms with Gasteiger partial charge in [0.25, 0.3) is 0 Å². The Kier molecular flexibility index (Phi) is 5.07. The zero-order valence-corrected chi connectivity index (χ0v) is 11.9. The van der Waals surface area contributed by atoms with E-state index in [0.29, 0.717) is 0 Å². The number of benzene rings is 1. The molecular weight excluding hydrogens is 253 g/mol. The number of nitrogens with zero attached hydrogens (tertiary/aromatic N) is 2. The number of hydrogen-bond donors (Lipinski definition) is 1. The van der Waals surface area contributed by atoms with Crippen molar-refractivity contribution in [2.45, 2.75) is 20.0 Å². The summed E-state index contributed by atoms with van der Waals surface area (Å²) in [7, 11) is 2.03. The lowest BCUT2D eigenvalue weighted by molar-refractivity contribution is 0.315. The first-order valence-electron chi connectivity index (χ1n) is 6.80. The Morgan fingerprint density at radius 2 is 1.85 bits per heavy atom. The molecule has 0 spiro atoms. The predicted molar refractivity (Wildman–Crippen MR) is 80.0 cm³/mol. The van der Waals surface area contributed by atoms with Crippen LogP contribution >= 0.6 is 0 Å². The topological polar surface area (TPSA) is 28.2 Å². The van der Waals surface area contributed by atoms with Gasteiger partial charge < -0.3 is 5.32 Å². The van der Waals surface area contributed by atoms with Crippen LogP contribution in [0.2, 0.25) is 0 Å². The quantitative estimate of drug-likeness (QED) is 0.875. The van der Waals surface area contributed by atoms with Gasteiger partial charge in [-0.05, 0) is 43.8 Å². The smallest absolute Gasteiger partial charge is 0.126 e. The van der Waals surface area contributed by atoms with Crippen LogP contribution in [0, 0.1) is 5.82 Å². The SMILES string of the molecule is CCNc1cccc(CN(C)Cc2ccc(F)cc2)n1. The molecule has 0 radical (unpaired) electrons. The van der Waals surface area contributed by atoms with E-state index in [1.165, 1.54) is 12.1 Å². The van der Waals surface area contributed by atoms with Crippen molar-refractivity contribution in [3.05, 3.63) is 59.5 Å². The minimum atomic E-state index is -0.198. The molecule has 0 aliphatic carbocycles. The Morgan fingerprint density at radius 3 is 2.55 bits per heavy atom. The number of aromatic nitrogens is 1. The number of anilines is 1. The molecule has 0 aliphatic heterocycles. The fourth-order valence-electron chi connectivity index (χ4n) is 2.08. The Hall–Kier alpha value is -1.94. The third-order valence-electron chi connectivity index (χ3n) is 2.96. The van der Waals surface area contributed by atoms with Crippen LogP contribution in [0.5, 0.6) is 0 Å². The number of rotatable bonds is 6. The summed E-state index contributed by atoms with van der Waals surface area (Å²) < 4.78 is 12.9. The van der Waals surface area contributed by atoms with Crippen LogP contribution in [-0.4, -0.2) is 23.5 Å². The van der Waals surface area contributed by atoms with Crippen molar-refractivity contribution in [3.8, 4) is 0 Å². The summed E-state index contributed by atoms with van der Waals surface area (Å²) in [5, 5.41) is 3.21. The van der Waals surface area contributed by atoms with E-state index in [2.05, 4.69) is 22.1 Å². The van der Waals surface area contributed by atoms with Crippen molar-refractivity contribution in [1.29, 1.82) is 0 Å². The average molecular weight is 273 g/mol. The summed E-state index contributed by atoms with van der Waals surface area (Å²) in [4.78, 5) is 6.70. The van der Waals surface area contributed by atoms with Gasteiger partial charge in [-0.15, -0.1) is 0 Å². The minimum absolute atomic E-state index is 0.198. The molecule has 0 unspecified atom stereocenters. The highest BCUT2D eigenvalue weighted by atomic mass is 19.1. The molecule has 2 rings (SSSR count). The standard InChI is InChI=1S/C16H20FN3/c1-3-18-16-6-4-5-15(19-16)12-20(2)11-13-7-9-14(17)10-8-13/h4-10H,3,11-12H2,1-2H3,(H,18,19). The molecule has 4 heteroatoms. The van der Waals surface area contributed by atoms with Crippen LogP contribution in [0.3, 0.4) is 0 Å². The molecule has 0 saturated carbocycles. The lowest BCUT2D eigenvalue weighted by Crippen LogP contribution is -2.18. The van der Waals surface area contributed by atoms with Crippen molar-refractivity contribution in [2.75, 3.05) is 18.9 Å². The third-order valence-corrected chi connectivity index (χ3v) is 2.96. The van der Waals surface area contributed by atoms with Gasteiger partial charge in [-0.25, -0.2) is 9.37 Å². The molecule has 1 aromatic carbocycles. The van der Waals surface area contributed by atoms with Gasteiger partial charge in [0.05, 0.1) is 5.69 Å². The molecule has 0 fully saturated rings. The van der Waals surface area contributed by atoms with E-state index < -0.39 is 0 Å². The number of hydrogen-bond acceptors (Lipinski definition) is 3. The van der Waals surface area contributed by atoms with E-state index in [-0.39, 0.29) is 5.82 Å². The second-order valence-electron chi connectivity index (χ2n) is 4.84. The van der Waals surface area contributed by atoms with Crippen molar-refractivity contribution in [3.63, 3.8) is 0 Å². The molecule has 0 saturated heterocycles. The third kappa shape index (κ3) is 4.31. The van der Waals surface area contributed by atoms with E-state index in [1.54, 1.807) is 0 Å². The van der Waals surface area contributed by atoms with Crippen LogP contribution in [0.1, 0.15) is 18.2 Å². The van der Waals surface area contributed by atoms with E-state index >= 15 is 0 Å². The van der Waals surface area contributed by atoms with Crippen molar-refractivity contribution >= 4 is 5.82 Å². The molecule has 106 valence electrons. The van der Waals surface area contributed by atoms with Crippen LogP contribution in [0.25, 0.3) is 0 Å². The molecule has 1 aromatic heterocycles. The Labute approximate surface area is 119 Å². The van der Waals surface area contributed by atoms with Gasteiger partial charge in [0.15, 0.2) is 0 Å². The van der Waals surface area contributed by atoms with Gasteiger partial charge in [0.1, 0.15) is 11.6 Å². The lowest BCUT2D eigenvalue weighted by Gasteiger charge is -2.16. The summed E-state index contributed by atoms with van der Waals surface area (Å²) in [5.41, 5.74) is 2.12. The van der Waals surface area contributed by atoms with Gasteiger partial charge in [-0.2, -0.15) is 0 Å². The Morgan fingerprint density at radius 1 is 1.10 bits per heavy atom. The molecule has 1 N–H and O–H groups in total. The molecule has 0 atom stereocenters. The van der Waals surface area contributed by atoms with Gasteiger partial charge in [0.2, 0.25) is 0 Å². The largest absolute Gasteiger partial charge is 0.370 e. The molecule has 20 heavy (non-hydrogen) atoms. The molecule has 1 heterocycles. The monoisotopic (exact) mass is 273 g/mol. The van der Waals surface area contributed by atoms with E-state index in [1.807, 2.05) is 37.4 Å². The number of nitrogens with one attached hydrogen (secondary N) is 1. The fraction of sp³-hybridized carbons (Fsp3) is 0.312. The van der Waals surface area contributed by atoms with Gasteiger partial charge >= 0.3 is 0 Å². The van der Waals surface area contributed by atoms with Gasteiger partial charge in [-0.1, -0.05) is 18.2 Å². The maximum atomic E-state index is 12.9. The van der Waals surface area contributed by atoms with Crippen LogP contribution in [-0.2, 0) is 13.1 Å². The van der Waals surface area contributed by atoms with Gasteiger partial charge in [0, 0.05) is 19.6 Å². The highest BCUT2D eigenvalue weighted by molar-refractivity contribution is 5.35. The summed E-state index contributed by atoms with van der Waals surface area (Å²) in [5.74, 6) is 0.705. The van der Waals surface area contributed by atoms with Crippen LogP contribution < -0.4 is 5.32 Å². The zero-order chi connectivity index (χ0) is 14.4. The zero-order valence-electron chi connectivity index (χ0n) is 11.9. The first-order chi connectivity index (χ1) is 9.67. The highest BCUT2D eigenvalue weighted by Gasteiger charge is 2.04. The molecule has 3 nitrogen and oxygen atoms in total. The minimum Gasteiger partial charge on any atom is -0.370 e. The van der Waals surface area contributed by atoms with Crippen LogP contribution in [0.4, 0.5) is 10.2 Å². The average Bonchev–Trinajstić information content (AvgIpc) is 2.42. The number of pyridine rings is 1. The molecule has 0 amide bonds. The lowest BCUT2D eigenvalue weighted by atomic mass is 10.2. The Bertz CT molecular complexity index is 540. The summed E-state index contributed by atoms with van der Waals surface area (Å²) >= 11 is 0. The summed E-state index contributed by atoms with van der Waals surface area (Å²) in [6.45, 7) is 4.45. The van der Waals surface area contributed by atoms with E-state index in [0.717, 1.165) is 36.7 Å².